The van der Waals surface area contributed by atoms with E-state index in [2.05, 4.69) is 50.3 Å². The lowest BCUT2D eigenvalue weighted by molar-refractivity contribution is 0.105. The first-order valence-electron chi connectivity index (χ1n) is 8.60. The Morgan fingerprint density at radius 1 is 1.19 bits per heavy atom. The predicted molar refractivity (Wildman–Crippen MR) is 94.4 cm³/mol. The number of aryl methyl sites for hydroxylation is 1. The minimum atomic E-state index is 0.353. The second-order valence-electron chi connectivity index (χ2n) is 6.64. The van der Waals surface area contributed by atoms with Gasteiger partial charge < -0.3 is 10.2 Å². The number of hydrogen-bond acceptors (Lipinski definition) is 3. The van der Waals surface area contributed by atoms with E-state index in [1.165, 1.54) is 43.4 Å². The van der Waals surface area contributed by atoms with E-state index in [4.69, 9.17) is 0 Å². The molecule has 0 aromatic carbocycles. The van der Waals surface area contributed by atoms with E-state index in [1.807, 2.05) is 11.3 Å². The van der Waals surface area contributed by atoms with Crippen LogP contribution in [0.2, 0.25) is 0 Å². The van der Waals surface area contributed by atoms with Gasteiger partial charge in [-0.3, -0.25) is 0 Å². The van der Waals surface area contributed by atoms with Crippen molar-refractivity contribution in [1.82, 2.24) is 10.2 Å². The second kappa shape index (κ2) is 7.75. The van der Waals surface area contributed by atoms with Crippen LogP contribution < -0.4 is 5.32 Å². The maximum absolute atomic E-state index is 3.87. The van der Waals surface area contributed by atoms with Gasteiger partial charge in [0, 0.05) is 21.3 Å². The molecule has 2 nitrogen and oxygen atoms in total. The SMILES string of the molecule is CCCNC(Cc1ccc(CC)s1)C1(N(C)C)CCCC1. The van der Waals surface area contributed by atoms with Gasteiger partial charge in [0.05, 0.1) is 0 Å². The summed E-state index contributed by atoms with van der Waals surface area (Å²) in [4.78, 5) is 5.57. The van der Waals surface area contributed by atoms with Crippen molar-refractivity contribution in [3.8, 4) is 0 Å². The Labute approximate surface area is 134 Å². The van der Waals surface area contributed by atoms with Gasteiger partial charge in [-0.2, -0.15) is 0 Å². The summed E-state index contributed by atoms with van der Waals surface area (Å²) >= 11 is 2.01. The van der Waals surface area contributed by atoms with Crippen molar-refractivity contribution in [2.24, 2.45) is 0 Å². The molecule has 3 heteroatoms. The van der Waals surface area contributed by atoms with Gasteiger partial charge in [-0.05, 0) is 64.9 Å². The Morgan fingerprint density at radius 2 is 1.86 bits per heavy atom. The molecule has 120 valence electrons. The number of thiophene rings is 1. The quantitative estimate of drug-likeness (QED) is 0.778. The van der Waals surface area contributed by atoms with Crippen molar-refractivity contribution in [2.75, 3.05) is 20.6 Å². The molecule has 1 aliphatic carbocycles. The molecule has 1 heterocycles. The molecule has 0 amide bonds. The summed E-state index contributed by atoms with van der Waals surface area (Å²) in [5.41, 5.74) is 0.353. The Bertz CT molecular complexity index is 419. The van der Waals surface area contributed by atoms with Crippen LogP contribution in [-0.2, 0) is 12.8 Å². The number of likely N-dealkylation sites (N-methyl/N-ethyl adjacent to an activating group) is 1. The van der Waals surface area contributed by atoms with Crippen LogP contribution in [0, 0.1) is 0 Å². The maximum atomic E-state index is 3.87. The number of hydrogen-bond donors (Lipinski definition) is 1. The highest BCUT2D eigenvalue weighted by Crippen LogP contribution is 2.38. The topological polar surface area (TPSA) is 15.3 Å². The monoisotopic (exact) mass is 308 g/mol. The summed E-state index contributed by atoms with van der Waals surface area (Å²) in [5, 5.41) is 3.87. The molecule has 0 saturated heterocycles. The predicted octanol–water partition coefficient (Wildman–Crippen LogP) is 4.10. The number of nitrogens with one attached hydrogen (secondary N) is 1. The molecule has 1 aromatic heterocycles. The van der Waals surface area contributed by atoms with Crippen LogP contribution in [0.4, 0.5) is 0 Å². The van der Waals surface area contributed by atoms with E-state index in [0.717, 1.165) is 13.0 Å². The molecule has 0 aliphatic heterocycles. The lowest BCUT2D eigenvalue weighted by Crippen LogP contribution is -2.58. The third-order valence-electron chi connectivity index (χ3n) is 5.12. The van der Waals surface area contributed by atoms with Crippen molar-refractivity contribution >= 4 is 11.3 Å². The van der Waals surface area contributed by atoms with Gasteiger partial charge in [-0.15, -0.1) is 11.3 Å². The smallest absolute Gasteiger partial charge is 0.0359 e. The first kappa shape index (κ1) is 17.0. The Balaban J connectivity index is 2.16. The lowest BCUT2D eigenvalue weighted by Gasteiger charge is -2.44. The largest absolute Gasteiger partial charge is 0.312 e. The molecule has 1 N–H and O–H groups in total. The van der Waals surface area contributed by atoms with E-state index in [-0.39, 0.29) is 0 Å². The third kappa shape index (κ3) is 3.88. The van der Waals surface area contributed by atoms with Crippen LogP contribution >= 0.6 is 11.3 Å². The molecule has 1 fully saturated rings. The van der Waals surface area contributed by atoms with E-state index >= 15 is 0 Å². The van der Waals surface area contributed by atoms with Crippen molar-refractivity contribution in [2.45, 2.75) is 70.4 Å². The van der Waals surface area contributed by atoms with E-state index in [1.54, 1.807) is 4.88 Å². The van der Waals surface area contributed by atoms with Gasteiger partial charge in [0.15, 0.2) is 0 Å². The summed E-state index contributed by atoms with van der Waals surface area (Å²) in [6, 6.07) is 5.24. The fourth-order valence-corrected chi connectivity index (χ4v) is 4.79. The van der Waals surface area contributed by atoms with Crippen molar-refractivity contribution in [3.05, 3.63) is 21.9 Å². The highest BCUT2D eigenvalue weighted by molar-refractivity contribution is 7.11. The first-order valence-corrected chi connectivity index (χ1v) is 9.42. The highest BCUT2D eigenvalue weighted by atomic mass is 32.1. The minimum absolute atomic E-state index is 0.353. The molecular weight excluding hydrogens is 276 g/mol. The maximum Gasteiger partial charge on any atom is 0.0359 e. The normalized spacial score (nSPS) is 19.3. The summed E-state index contributed by atoms with van der Waals surface area (Å²) < 4.78 is 0. The standard InChI is InChI=1S/C18H32N2S/c1-5-13-19-17(14-16-10-9-15(6-2)21-16)18(20(3)4)11-7-8-12-18/h9-10,17,19H,5-8,11-14H2,1-4H3. The molecular formula is C18H32N2S. The second-order valence-corrected chi connectivity index (χ2v) is 7.89. The van der Waals surface area contributed by atoms with Crippen LogP contribution in [0.25, 0.3) is 0 Å². The first-order chi connectivity index (χ1) is 10.1. The molecule has 1 unspecified atom stereocenters. The fraction of sp³-hybridized carbons (Fsp3) is 0.778. The molecule has 0 radical (unpaired) electrons. The van der Waals surface area contributed by atoms with Crippen molar-refractivity contribution in [3.63, 3.8) is 0 Å². The molecule has 1 atom stereocenters. The number of rotatable bonds is 8. The Hall–Kier alpha value is -0.380. The molecule has 1 aliphatic rings. The van der Waals surface area contributed by atoms with Gasteiger partial charge >= 0.3 is 0 Å². The summed E-state index contributed by atoms with van der Waals surface area (Å²) in [6.45, 7) is 5.65. The van der Waals surface area contributed by atoms with Crippen molar-refractivity contribution in [1.29, 1.82) is 0 Å². The van der Waals surface area contributed by atoms with Gasteiger partial charge in [-0.1, -0.05) is 26.7 Å². The van der Waals surface area contributed by atoms with E-state index in [0.29, 0.717) is 11.6 Å². The molecule has 0 bridgehead atoms. The van der Waals surface area contributed by atoms with Crippen LogP contribution in [0.3, 0.4) is 0 Å². The Kier molecular flexibility index (Phi) is 6.27. The molecule has 0 spiro atoms. The van der Waals surface area contributed by atoms with Crippen LogP contribution in [-0.4, -0.2) is 37.1 Å². The average Bonchev–Trinajstić information content (AvgIpc) is 3.12. The van der Waals surface area contributed by atoms with Crippen LogP contribution in [0.15, 0.2) is 12.1 Å². The van der Waals surface area contributed by atoms with Gasteiger partial charge in [-0.25, -0.2) is 0 Å². The minimum Gasteiger partial charge on any atom is -0.312 e. The zero-order valence-electron chi connectivity index (χ0n) is 14.2. The summed E-state index contributed by atoms with van der Waals surface area (Å²) in [7, 11) is 4.55. The van der Waals surface area contributed by atoms with Crippen LogP contribution in [0.5, 0.6) is 0 Å². The average molecular weight is 309 g/mol. The zero-order valence-corrected chi connectivity index (χ0v) is 15.1. The molecule has 2 rings (SSSR count). The summed E-state index contributed by atoms with van der Waals surface area (Å²) in [5.74, 6) is 0. The van der Waals surface area contributed by atoms with Crippen LogP contribution in [0.1, 0.15) is 55.7 Å². The van der Waals surface area contributed by atoms with E-state index < -0.39 is 0 Å². The van der Waals surface area contributed by atoms with Gasteiger partial charge in [0.2, 0.25) is 0 Å². The fourth-order valence-electron chi connectivity index (χ4n) is 3.79. The zero-order chi connectivity index (χ0) is 15.3. The molecule has 1 saturated carbocycles. The third-order valence-corrected chi connectivity index (χ3v) is 6.37. The summed E-state index contributed by atoms with van der Waals surface area (Å²) in [6.07, 6.45) is 9.01. The van der Waals surface area contributed by atoms with Crippen molar-refractivity contribution < 1.29 is 0 Å². The molecule has 21 heavy (non-hydrogen) atoms. The van der Waals surface area contributed by atoms with Gasteiger partial charge in [0.25, 0.3) is 0 Å². The molecule has 1 aromatic rings. The number of nitrogens with zero attached hydrogens (tertiary/aromatic N) is 1. The van der Waals surface area contributed by atoms with Gasteiger partial charge in [0.1, 0.15) is 0 Å². The highest BCUT2D eigenvalue weighted by Gasteiger charge is 2.42. The lowest BCUT2D eigenvalue weighted by atomic mass is 9.84. The Morgan fingerprint density at radius 3 is 2.38 bits per heavy atom. The van der Waals surface area contributed by atoms with E-state index in [9.17, 15) is 0 Å².